The summed E-state index contributed by atoms with van der Waals surface area (Å²) in [5.74, 6) is 0. The number of anilines is 2. The van der Waals surface area contributed by atoms with Crippen molar-refractivity contribution in [1.82, 2.24) is 4.90 Å². The molecule has 1 rings (SSSR count). The van der Waals surface area contributed by atoms with Crippen LogP contribution in [0.2, 0.25) is 0 Å². The second-order valence-electron chi connectivity index (χ2n) is 4.91. The molecule has 0 heterocycles. The van der Waals surface area contributed by atoms with E-state index in [1.807, 2.05) is 30.8 Å². The van der Waals surface area contributed by atoms with Gasteiger partial charge < -0.3 is 15.5 Å². The van der Waals surface area contributed by atoms with Crippen LogP contribution in [0.3, 0.4) is 0 Å². The van der Waals surface area contributed by atoms with Crippen LogP contribution in [0.5, 0.6) is 0 Å². The fraction of sp³-hybridized carbons (Fsp3) is 0.571. The molecule has 0 unspecified atom stereocenters. The van der Waals surface area contributed by atoms with Gasteiger partial charge >= 0.3 is 0 Å². The minimum Gasteiger partial charge on any atom is -0.399 e. The van der Waals surface area contributed by atoms with Gasteiger partial charge in [0.2, 0.25) is 0 Å². The van der Waals surface area contributed by atoms with Gasteiger partial charge in [-0.25, -0.2) is 8.78 Å². The smallest absolute Gasteiger partial charge is 0.265 e. The van der Waals surface area contributed by atoms with Crippen LogP contribution in [0.4, 0.5) is 20.2 Å². The molecule has 0 bridgehead atoms. The molecule has 0 fully saturated rings. The zero-order valence-electron chi connectivity index (χ0n) is 11.9. The molecule has 0 spiro atoms. The van der Waals surface area contributed by atoms with E-state index >= 15 is 0 Å². The van der Waals surface area contributed by atoms with Crippen LogP contribution in [0.1, 0.15) is 25.3 Å². The van der Waals surface area contributed by atoms with Crippen molar-refractivity contribution in [3.05, 3.63) is 23.8 Å². The molecule has 0 aliphatic heterocycles. The Morgan fingerprint density at radius 1 is 1.16 bits per heavy atom. The van der Waals surface area contributed by atoms with E-state index in [2.05, 4.69) is 0 Å². The molecule has 0 saturated carbocycles. The number of hydrogen-bond donors (Lipinski definition) is 1. The molecule has 0 amide bonds. The first-order valence-electron chi connectivity index (χ1n) is 6.53. The molecule has 0 atom stereocenters. The van der Waals surface area contributed by atoms with Crippen molar-refractivity contribution in [2.45, 2.75) is 19.8 Å². The van der Waals surface area contributed by atoms with Crippen molar-refractivity contribution in [3.8, 4) is 0 Å². The molecule has 19 heavy (non-hydrogen) atoms. The Labute approximate surface area is 114 Å². The molecule has 0 aliphatic carbocycles. The average molecular weight is 271 g/mol. The van der Waals surface area contributed by atoms with Crippen molar-refractivity contribution in [2.24, 2.45) is 0 Å². The quantitative estimate of drug-likeness (QED) is 0.774. The lowest BCUT2D eigenvalue weighted by Gasteiger charge is -2.28. The van der Waals surface area contributed by atoms with E-state index < -0.39 is 6.43 Å². The lowest BCUT2D eigenvalue weighted by atomic mass is 10.1. The molecular formula is C14H23F2N3. The van der Waals surface area contributed by atoms with Crippen LogP contribution in [0.15, 0.2) is 18.2 Å². The molecule has 0 saturated heterocycles. The Bertz CT molecular complexity index is 394. The standard InChI is InChI=1S/C14H23F2N3/c1-4-7-19(9-8-18(2)3)13-6-5-11(17)10-12(13)14(15)16/h5-6,10,14H,4,7-9,17H2,1-3H3. The number of halogens is 2. The summed E-state index contributed by atoms with van der Waals surface area (Å²) >= 11 is 0. The first kappa shape index (κ1) is 15.7. The molecule has 2 N–H and O–H groups in total. The van der Waals surface area contributed by atoms with Crippen molar-refractivity contribution in [3.63, 3.8) is 0 Å². The van der Waals surface area contributed by atoms with Crippen LogP contribution in [0, 0.1) is 0 Å². The highest BCUT2D eigenvalue weighted by atomic mass is 19.3. The van der Waals surface area contributed by atoms with Crippen LogP contribution >= 0.6 is 0 Å². The predicted molar refractivity (Wildman–Crippen MR) is 76.9 cm³/mol. The van der Waals surface area contributed by atoms with E-state index in [0.717, 1.165) is 26.1 Å². The first-order chi connectivity index (χ1) is 8.95. The third-order valence-electron chi connectivity index (χ3n) is 2.94. The van der Waals surface area contributed by atoms with Crippen molar-refractivity contribution in [1.29, 1.82) is 0 Å². The van der Waals surface area contributed by atoms with Crippen LogP contribution in [-0.4, -0.2) is 38.6 Å². The molecule has 0 radical (unpaired) electrons. The van der Waals surface area contributed by atoms with Gasteiger partial charge in [0.05, 0.1) is 0 Å². The summed E-state index contributed by atoms with van der Waals surface area (Å²) in [7, 11) is 3.95. The van der Waals surface area contributed by atoms with E-state index in [1.54, 1.807) is 12.1 Å². The number of nitrogens with two attached hydrogens (primary N) is 1. The summed E-state index contributed by atoms with van der Waals surface area (Å²) in [5.41, 5.74) is 6.59. The number of rotatable bonds is 7. The molecule has 3 nitrogen and oxygen atoms in total. The van der Waals surface area contributed by atoms with Gasteiger partial charge in [-0.2, -0.15) is 0 Å². The Balaban J connectivity index is 3.00. The molecular weight excluding hydrogens is 248 g/mol. The average Bonchev–Trinajstić information content (AvgIpc) is 2.34. The third-order valence-corrected chi connectivity index (χ3v) is 2.94. The molecule has 0 aromatic heterocycles. The van der Waals surface area contributed by atoms with Crippen molar-refractivity contribution < 1.29 is 8.78 Å². The number of benzene rings is 1. The Morgan fingerprint density at radius 2 is 1.84 bits per heavy atom. The van der Waals surface area contributed by atoms with Crippen molar-refractivity contribution >= 4 is 11.4 Å². The van der Waals surface area contributed by atoms with Crippen LogP contribution in [-0.2, 0) is 0 Å². The normalized spacial score (nSPS) is 11.3. The topological polar surface area (TPSA) is 32.5 Å². The summed E-state index contributed by atoms with van der Waals surface area (Å²) in [4.78, 5) is 4.04. The summed E-state index contributed by atoms with van der Waals surface area (Å²) < 4.78 is 26.2. The maximum absolute atomic E-state index is 13.1. The zero-order chi connectivity index (χ0) is 14.4. The van der Waals surface area contributed by atoms with Gasteiger partial charge in [0.1, 0.15) is 0 Å². The highest BCUT2D eigenvalue weighted by molar-refractivity contribution is 5.60. The second kappa shape index (κ2) is 7.28. The van der Waals surface area contributed by atoms with Gasteiger partial charge in [-0.05, 0) is 38.7 Å². The van der Waals surface area contributed by atoms with E-state index in [9.17, 15) is 8.78 Å². The fourth-order valence-corrected chi connectivity index (χ4v) is 1.98. The SMILES string of the molecule is CCCN(CCN(C)C)c1ccc(N)cc1C(F)F. The van der Waals surface area contributed by atoms with Crippen molar-refractivity contribution in [2.75, 3.05) is 44.4 Å². The minimum absolute atomic E-state index is 0.0206. The van der Waals surface area contributed by atoms with Gasteiger partial charge in [0.15, 0.2) is 0 Å². The van der Waals surface area contributed by atoms with E-state index in [4.69, 9.17) is 5.73 Å². The molecule has 1 aromatic carbocycles. The maximum atomic E-state index is 13.1. The molecule has 0 aliphatic rings. The molecule has 108 valence electrons. The fourth-order valence-electron chi connectivity index (χ4n) is 1.98. The molecule has 5 heteroatoms. The number of likely N-dealkylation sites (N-methyl/N-ethyl adjacent to an activating group) is 1. The summed E-state index contributed by atoms with van der Waals surface area (Å²) in [5, 5.41) is 0. The summed E-state index contributed by atoms with van der Waals surface area (Å²) in [6.07, 6.45) is -1.59. The zero-order valence-corrected chi connectivity index (χ0v) is 11.9. The first-order valence-corrected chi connectivity index (χ1v) is 6.53. The van der Waals surface area contributed by atoms with E-state index in [-0.39, 0.29) is 5.56 Å². The van der Waals surface area contributed by atoms with E-state index in [0.29, 0.717) is 11.4 Å². The lowest BCUT2D eigenvalue weighted by Crippen LogP contribution is -2.33. The summed E-state index contributed by atoms with van der Waals surface area (Å²) in [6.45, 7) is 4.36. The van der Waals surface area contributed by atoms with Crippen LogP contribution < -0.4 is 10.6 Å². The van der Waals surface area contributed by atoms with Crippen LogP contribution in [0.25, 0.3) is 0 Å². The van der Waals surface area contributed by atoms with Gasteiger partial charge in [0, 0.05) is 36.6 Å². The predicted octanol–water partition coefficient (Wildman–Crippen LogP) is 2.98. The highest BCUT2D eigenvalue weighted by Crippen LogP contribution is 2.31. The number of alkyl halides is 2. The third kappa shape index (κ3) is 4.67. The number of nitrogens with zero attached hydrogens (tertiary/aromatic N) is 2. The molecule has 1 aromatic rings. The Hall–Kier alpha value is -1.36. The number of nitrogen functional groups attached to an aromatic ring is 1. The van der Waals surface area contributed by atoms with Gasteiger partial charge in [-0.1, -0.05) is 6.92 Å². The Morgan fingerprint density at radius 3 is 2.37 bits per heavy atom. The number of hydrogen-bond acceptors (Lipinski definition) is 3. The second-order valence-corrected chi connectivity index (χ2v) is 4.91. The minimum atomic E-state index is -2.50. The Kier molecular flexibility index (Phi) is 6.02. The van der Waals surface area contributed by atoms with E-state index in [1.165, 1.54) is 6.07 Å². The monoisotopic (exact) mass is 271 g/mol. The highest BCUT2D eigenvalue weighted by Gasteiger charge is 2.17. The summed E-state index contributed by atoms with van der Waals surface area (Å²) in [6, 6.07) is 4.75. The lowest BCUT2D eigenvalue weighted by molar-refractivity contribution is 0.152. The van der Waals surface area contributed by atoms with Gasteiger partial charge in [-0.15, -0.1) is 0 Å². The largest absolute Gasteiger partial charge is 0.399 e. The van der Waals surface area contributed by atoms with Gasteiger partial charge in [0.25, 0.3) is 6.43 Å². The maximum Gasteiger partial charge on any atom is 0.265 e. The van der Waals surface area contributed by atoms with Gasteiger partial charge in [-0.3, -0.25) is 0 Å².